The predicted molar refractivity (Wildman–Crippen MR) is 57.2 cm³/mol. The van der Waals surface area contributed by atoms with E-state index in [9.17, 15) is 4.79 Å². The minimum atomic E-state index is -0.150. The molecule has 0 aliphatic carbocycles. The van der Waals surface area contributed by atoms with Crippen molar-refractivity contribution in [3.63, 3.8) is 0 Å². The Hall–Kier alpha value is -1.62. The van der Waals surface area contributed by atoms with Gasteiger partial charge in [-0.05, 0) is 11.4 Å². The molecule has 0 unspecified atom stereocenters. The smallest absolute Gasteiger partial charge is 0.267 e. The number of hydrogen-bond acceptors (Lipinski definition) is 4. The van der Waals surface area contributed by atoms with Crippen molar-refractivity contribution in [2.75, 3.05) is 5.73 Å². The third-order valence-corrected chi connectivity index (χ3v) is 2.81. The van der Waals surface area contributed by atoms with Crippen LogP contribution in [-0.4, -0.2) is 9.78 Å². The molecule has 5 heteroatoms. The van der Waals surface area contributed by atoms with Gasteiger partial charge in [-0.2, -0.15) is 5.10 Å². The Kier molecular flexibility index (Phi) is 2.09. The first-order chi connectivity index (χ1) is 6.68. The third-order valence-electron chi connectivity index (χ3n) is 1.91. The maximum absolute atomic E-state index is 11.3. The van der Waals surface area contributed by atoms with E-state index in [0.29, 0.717) is 11.4 Å². The number of thiophene rings is 1. The first-order valence-electron chi connectivity index (χ1n) is 4.06. The first-order valence-corrected chi connectivity index (χ1v) is 4.94. The number of aromatic nitrogens is 2. The van der Waals surface area contributed by atoms with E-state index in [-0.39, 0.29) is 5.56 Å². The quantitative estimate of drug-likeness (QED) is 0.761. The topological polar surface area (TPSA) is 60.9 Å². The summed E-state index contributed by atoms with van der Waals surface area (Å²) < 4.78 is 1.23. The second-order valence-corrected chi connectivity index (χ2v) is 3.83. The molecule has 0 aliphatic heterocycles. The van der Waals surface area contributed by atoms with Crippen molar-refractivity contribution in [3.05, 3.63) is 33.9 Å². The highest BCUT2D eigenvalue weighted by Crippen LogP contribution is 2.26. The number of nitrogens with zero attached hydrogens (tertiary/aromatic N) is 2. The fourth-order valence-corrected chi connectivity index (χ4v) is 1.94. The number of aryl methyl sites for hydroxylation is 1. The summed E-state index contributed by atoms with van der Waals surface area (Å²) in [4.78, 5) is 12.3. The standard InChI is InChI=1S/C9H9N3OS/c1-12-8(13)5-6(9(10)11-12)7-3-2-4-14-7/h2-5H,1H3,(H2,10,11). The molecule has 2 aromatic heterocycles. The molecule has 0 aromatic carbocycles. The minimum absolute atomic E-state index is 0.150. The van der Waals surface area contributed by atoms with Gasteiger partial charge in [0.15, 0.2) is 5.82 Å². The van der Waals surface area contributed by atoms with E-state index >= 15 is 0 Å². The van der Waals surface area contributed by atoms with E-state index in [1.807, 2.05) is 17.5 Å². The number of nitrogen functional groups attached to an aromatic ring is 1. The molecule has 2 heterocycles. The van der Waals surface area contributed by atoms with Gasteiger partial charge < -0.3 is 5.73 Å². The first kappa shape index (κ1) is 8.96. The SMILES string of the molecule is Cn1nc(N)c(-c2cccs2)cc1=O. The molecule has 0 fully saturated rings. The van der Waals surface area contributed by atoms with Gasteiger partial charge in [-0.3, -0.25) is 4.79 Å². The Labute approximate surface area is 84.6 Å². The molecular formula is C9H9N3OS. The van der Waals surface area contributed by atoms with Gasteiger partial charge in [0.05, 0.1) is 0 Å². The second-order valence-electron chi connectivity index (χ2n) is 2.88. The van der Waals surface area contributed by atoms with E-state index < -0.39 is 0 Å². The molecule has 0 amide bonds. The van der Waals surface area contributed by atoms with Gasteiger partial charge in [-0.15, -0.1) is 11.3 Å². The molecule has 2 rings (SSSR count). The van der Waals surface area contributed by atoms with Crippen molar-refractivity contribution in [2.45, 2.75) is 0 Å². The van der Waals surface area contributed by atoms with Crippen LogP contribution in [0, 0.1) is 0 Å². The molecule has 14 heavy (non-hydrogen) atoms. The van der Waals surface area contributed by atoms with Crippen molar-refractivity contribution in [1.82, 2.24) is 9.78 Å². The number of rotatable bonds is 1. The summed E-state index contributed by atoms with van der Waals surface area (Å²) in [5, 5.41) is 5.85. The number of hydrogen-bond donors (Lipinski definition) is 1. The Morgan fingerprint density at radius 2 is 2.36 bits per heavy atom. The van der Waals surface area contributed by atoms with Gasteiger partial charge in [0.25, 0.3) is 5.56 Å². The van der Waals surface area contributed by atoms with Gasteiger partial charge in [-0.25, -0.2) is 4.68 Å². The van der Waals surface area contributed by atoms with Crippen LogP contribution in [0.5, 0.6) is 0 Å². The van der Waals surface area contributed by atoms with Crippen LogP contribution in [0.2, 0.25) is 0 Å². The van der Waals surface area contributed by atoms with Crippen molar-refractivity contribution in [3.8, 4) is 10.4 Å². The molecule has 2 aromatic rings. The molecule has 0 saturated heterocycles. The second kappa shape index (κ2) is 3.26. The van der Waals surface area contributed by atoms with Gasteiger partial charge in [-0.1, -0.05) is 6.07 Å². The van der Waals surface area contributed by atoms with Crippen molar-refractivity contribution < 1.29 is 0 Å². The Morgan fingerprint density at radius 3 is 3.00 bits per heavy atom. The zero-order valence-electron chi connectivity index (χ0n) is 7.60. The minimum Gasteiger partial charge on any atom is -0.382 e. The number of anilines is 1. The van der Waals surface area contributed by atoms with Crippen LogP contribution >= 0.6 is 11.3 Å². The lowest BCUT2D eigenvalue weighted by Crippen LogP contribution is -2.20. The van der Waals surface area contributed by atoms with Gasteiger partial charge >= 0.3 is 0 Å². The van der Waals surface area contributed by atoms with Gasteiger partial charge in [0.2, 0.25) is 0 Å². The summed E-state index contributed by atoms with van der Waals surface area (Å²) in [6.07, 6.45) is 0. The van der Waals surface area contributed by atoms with Crippen LogP contribution in [0.25, 0.3) is 10.4 Å². The Balaban J connectivity index is 2.66. The van der Waals surface area contributed by atoms with Crippen molar-refractivity contribution in [1.29, 1.82) is 0 Å². The molecule has 72 valence electrons. The molecule has 0 atom stereocenters. The average molecular weight is 207 g/mol. The van der Waals surface area contributed by atoms with Crippen LogP contribution in [0.1, 0.15) is 0 Å². The molecular weight excluding hydrogens is 198 g/mol. The molecule has 0 aliphatic rings. The number of nitrogens with two attached hydrogens (primary N) is 1. The normalized spacial score (nSPS) is 10.4. The summed E-state index contributed by atoms with van der Waals surface area (Å²) >= 11 is 1.54. The summed E-state index contributed by atoms with van der Waals surface area (Å²) in [5.74, 6) is 0.384. The van der Waals surface area contributed by atoms with E-state index in [0.717, 1.165) is 4.88 Å². The van der Waals surface area contributed by atoms with Crippen LogP contribution < -0.4 is 11.3 Å². The maximum atomic E-state index is 11.3. The molecule has 0 bridgehead atoms. The van der Waals surface area contributed by atoms with Crippen LogP contribution in [0.15, 0.2) is 28.4 Å². The molecule has 0 radical (unpaired) electrons. The zero-order chi connectivity index (χ0) is 10.1. The highest BCUT2D eigenvalue weighted by atomic mass is 32.1. The van der Waals surface area contributed by atoms with Crippen molar-refractivity contribution >= 4 is 17.2 Å². The fraction of sp³-hybridized carbons (Fsp3) is 0.111. The largest absolute Gasteiger partial charge is 0.382 e. The van der Waals surface area contributed by atoms with Crippen molar-refractivity contribution in [2.24, 2.45) is 7.05 Å². The van der Waals surface area contributed by atoms with E-state index in [1.165, 1.54) is 22.1 Å². The zero-order valence-corrected chi connectivity index (χ0v) is 8.41. The fourth-order valence-electron chi connectivity index (χ4n) is 1.18. The highest BCUT2D eigenvalue weighted by molar-refractivity contribution is 7.13. The van der Waals surface area contributed by atoms with Crippen LogP contribution in [0.4, 0.5) is 5.82 Å². The molecule has 2 N–H and O–H groups in total. The summed E-state index contributed by atoms with van der Waals surface area (Å²) in [6, 6.07) is 5.34. The molecule has 4 nitrogen and oxygen atoms in total. The van der Waals surface area contributed by atoms with Gasteiger partial charge in [0.1, 0.15) is 0 Å². The summed E-state index contributed by atoms with van der Waals surface area (Å²) in [5.41, 5.74) is 6.28. The van der Waals surface area contributed by atoms with E-state index in [1.54, 1.807) is 7.05 Å². The van der Waals surface area contributed by atoms with E-state index in [4.69, 9.17) is 5.73 Å². The van der Waals surface area contributed by atoms with E-state index in [2.05, 4.69) is 5.10 Å². The third kappa shape index (κ3) is 1.42. The summed E-state index contributed by atoms with van der Waals surface area (Å²) in [6.45, 7) is 0. The molecule has 0 saturated carbocycles. The monoisotopic (exact) mass is 207 g/mol. The Morgan fingerprint density at radius 1 is 1.57 bits per heavy atom. The predicted octanol–water partition coefficient (Wildman–Crippen LogP) is 1.09. The lowest BCUT2D eigenvalue weighted by Gasteiger charge is -2.03. The lowest BCUT2D eigenvalue weighted by molar-refractivity contribution is 0.715. The lowest BCUT2D eigenvalue weighted by atomic mass is 10.2. The maximum Gasteiger partial charge on any atom is 0.267 e. The van der Waals surface area contributed by atoms with Crippen LogP contribution in [0.3, 0.4) is 0 Å². The van der Waals surface area contributed by atoms with Gasteiger partial charge in [0, 0.05) is 23.6 Å². The Bertz CT molecular complexity index is 501. The molecule has 0 spiro atoms. The average Bonchev–Trinajstić information content (AvgIpc) is 2.64. The van der Waals surface area contributed by atoms with Crippen LogP contribution in [-0.2, 0) is 7.05 Å². The summed E-state index contributed by atoms with van der Waals surface area (Å²) in [7, 11) is 1.58. The highest BCUT2D eigenvalue weighted by Gasteiger charge is 2.06.